The number of carbonyl (C=O) groups is 2. The van der Waals surface area contributed by atoms with Gasteiger partial charge in [0.1, 0.15) is 11.6 Å². The predicted molar refractivity (Wildman–Crippen MR) is 48.8 cm³/mol. The Hall–Kier alpha value is -1.30. The minimum absolute atomic E-state index is 0.612. The Morgan fingerprint density at radius 1 is 1.36 bits per heavy atom. The summed E-state index contributed by atoms with van der Waals surface area (Å²) < 4.78 is 4.89. The van der Waals surface area contributed by atoms with Crippen LogP contribution in [0.4, 0.5) is 4.79 Å². The van der Waals surface area contributed by atoms with Crippen molar-refractivity contribution in [2.75, 3.05) is 0 Å². The summed E-state index contributed by atoms with van der Waals surface area (Å²) in [4.78, 5) is 21.9. The van der Waals surface area contributed by atoms with Gasteiger partial charge in [0.15, 0.2) is 0 Å². The molecule has 0 heterocycles. The van der Waals surface area contributed by atoms with Gasteiger partial charge in [-0.2, -0.15) is 0 Å². The van der Waals surface area contributed by atoms with Crippen LogP contribution in [0.15, 0.2) is 0 Å². The molecule has 0 aliphatic rings. The Kier molecular flexibility index (Phi) is 4.36. The molecule has 0 aromatic heterocycles. The number of ether oxygens (including phenoxy) is 1. The first-order valence-corrected chi connectivity index (χ1v) is 4.19. The molecule has 0 saturated heterocycles. The maximum Gasteiger partial charge on any atom is 0.408 e. The number of alkyl carbamates (subject to hydrolysis) is 1. The molecule has 0 saturated carbocycles. The first kappa shape index (κ1) is 12.7. The van der Waals surface area contributed by atoms with Crippen LogP contribution in [0.25, 0.3) is 0 Å². The van der Waals surface area contributed by atoms with Crippen LogP contribution in [0.3, 0.4) is 0 Å². The van der Waals surface area contributed by atoms with E-state index in [-0.39, 0.29) is 0 Å². The first-order valence-electron chi connectivity index (χ1n) is 4.19. The van der Waals surface area contributed by atoms with Gasteiger partial charge in [0.2, 0.25) is 0 Å². The van der Waals surface area contributed by atoms with Crippen molar-refractivity contribution in [3.8, 4) is 0 Å². The molecule has 0 aromatic rings. The number of nitrogens with one attached hydrogen (secondary N) is 2. The van der Waals surface area contributed by atoms with Gasteiger partial charge < -0.3 is 10.1 Å². The molecule has 82 valence electrons. The first-order chi connectivity index (χ1) is 6.26. The summed E-state index contributed by atoms with van der Waals surface area (Å²) in [5, 5.41) is 10.5. The number of rotatable bonds is 2. The molecule has 0 fully saturated rings. The van der Waals surface area contributed by atoms with Gasteiger partial charge in [0, 0.05) is 0 Å². The van der Waals surface area contributed by atoms with Crippen molar-refractivity contribution in [1.29, 1.82) is 0 Å². The standard InChI is InChI=1S/C8H16N2O4/c1-5(6(11)10-13)9-7(12)14-8(2,3)4/h5,13H,1-4H3,(H,9,12)(H,10,11)/t5-/m1/s1. The van der Waals surface area contributed by atoms with Crippen LogP contribution in [-0.4, -0.2) is 28.9 Å². The van der Waals surface area contributed by atoms with Crippen LogP contribution < -0.4 is 10.8 Å². The number of amides is 2. The van der Waals surface area contributed by atoms with Crippen LogP contribution in [0.2, 0.25) is 0 Å². The highest BCUT2D eigenvalue weighted by molar-refractivity contribution is 5.84. The minimum atomic E-state index is -0.838. The highest BCUT2D eigenvalue weighted by atomic mass is 16.6. The molecule has 0 unspecified atom stereocenters. The third-order valence-electron chi connectivity index (χ3n) is 1.24. The van der Waals surface area contributed by atoms with Gasteiger partial charge in [-0.3, -0.25) is 10.0 Å². The number of hydroxylamine groups is 1. The van der Waals surface area contributed by atoms with E-state index >= 15 is 0 Å². The molecule has 0 aliphatic carbocycles. The van der Waals surface area contributed by atoms with E-state index in [0.29, 0.717) is 0 Å². The Bertz CT molecular complexity index is 222. The second kappa shape index (κ2) is 4.80. The summed E-state index contributed by atoms with van der Waals surface area (Å²) in [6.07, 6.45) is -0.700. The second-order valence-electron chi connectivity index (χ2n) is 3.84. The fourth-order valence-corrected chi connectivity index (χ4v) is 0.647. The molecule has 6 heteroatoms. The number of carbonyl (C=O) groups excluding carboxylic acids is 2. The molecule has 0 aromatic carbocycles. The van der Waals surface area contributed by atoms with Gasteiger partial charge in [0.05, 0.1) is 0 Å². The van der Waals surface area contributed by atoms with Crippen LogP contribution >= 0.6 is 0 Å². The van der Waals surface area contributed by atoms with E-state index in [9.17, 15) is 9.59 Å². The monoisotopic (exact) mass is 204 g/mol. The summed E-state index contributed by atoms with van der Waals surface area (Å²) in [5.41, 5.74) is 0.812. The maximum atomic E-state index is 11.1. The van der Waals surface area contributed by atoms with Crippen LogP contribution in [0.5, 0.6) is 0 Å². The van der Waals surface area contributed by atoms with Crippen LogP contribution in [0, 0.1) is 0 Å². The van der Waals surface area contributed by atoms with Crippen molar-refractivity contribution in [3.05, 3.63) is 0 Å². The molecule has 0 aliphatic heterocycles. The van der Waals surface area contributed by atoms with Crippen LogP contribution in [-0.2, 0) is 9.53 Å². The van der Waals surface area contributed by atoms with Gasteiger partial charge >= 0.3 is 6.09 Å². The van der Waals surface area contributed by atoms with E-state index < -0.39 is 23.6 Å². The highest BCUT2D eigenvalue weighted by Crippen LogP contribution is 2.06. The van der Waals surface area contributed by atoms with E-state index in [0.717, 1.165) is 0 Å². The predicted octanol–water partition coefficient (Wildman–Crippen LogP) is 0.405. The number of hydrogen-bond donors (Lipinski definition) is 3. The fraction of sp³-hybridized carbons (Fsp3) is 0.750. The largest absolute Gasteiger partial charge is 0.444 e. The summed E-state index contributed by atoms with van der Waals surface area (Å²) in [5.74, 6) is -0.698. The Labute approximate surface area is 82.6 Å². The van der Waals surface area contributed by atoms with Crippen molar-refractivity contribution in [2.45, 2.75) is 39.3 Å². The van der Waals surface area contributed by atoms with Crippen molar-refractivity contribution < 1.29 is 19.5 Å². The van der Waals surface area contributed by atoms with E-state index in [1.54, 1.807) is 20.8 Å². The molecule has 3 N–H and O–H groups in total. The average molecular weight is 204 g/mol. The summed E-state index contributed by atoms with van der Waals surface area (Å²) >= 11 is 0. The van der Waals surface area contributed by atoms with Gasteiger partial charge in [0.25, 0.3) is 5.91 Å². The van der Waals surface area contributed by atoms with Gasteiger partial charge in [-0.25, -0.2) is 10.3 Å². The minimum Gasteiger partial charge on any atom is -0.444 e. The Morgan fingerprint density at radius 3 is 2.21 bits per heavy atom. The lowest BCUT2D eigenvalue weighted by Crippen LogP contribution is -2.45. The topological polar surface area (TPSA) is 87.7 Å². The molecule has 2 amide bonds. The molecular formula is C8H16N2O4. The molecule has 0 bridgehead atoms. The third-order valence-corrected chi connectivity index (χ3v) is 1.24. The van der Waals surface area contributed by atoms with Crippen molar-refractivity contribution in [2.24, 2.45) is 0 Å². The second-order valence-corrected chi connectivity index (χ2v) is 3.84. The normalized spacial score (nSPS) is 12.9. The zero-order valence-corrected chi connectivity index (χ0v) is 8.75. The average Bonchev–Trinajstić information content (AvgIpc) is 1.99. The lowest BCUT2D eigenvalue weighted by Gasteiger charge is -2.21. The van der Waals surface area contributed by atoms with E-state index in [1.807, 2.05) is 0 Å². The quantitative estimate of drug-likeness (QED) is 0.449. The third kappa shape index (κ3) is 5.36. The lowest BCUT2D eigenvalue weighted by atomic mass is 10.2. The Morgan fingerprint density at radius 2 is 1.86 bits per heavy atom. The van der Waals surface area contributed by atoms with Crippen molar-refractivity contribution in [1.82, 2.24) is 10.8 Å². The van der Waals surface area contributed by atoms with Gasteiger partial charge in [-0.1, -0.05) is 0 Å². The zero-order chi connectivity index (χ0) is 11.4. The van der Waals surface area contributed by atoms with E-state index in [1.165, 1.54) is 12.4 Å². The van der Waals surface area contributed by atoms with Gasteiger partial charge in [-0.05, 0) is 27.7 Å². The van der Waals surface area contributed by atoms with Crippen molar-refractivity contribution in [3.63, 3.8) is 0 Å². The zero-order valence-electron chi connectivity index (χ0n) is 8.75. The molecule has 1 atom stereocenters. The van der Waals surface area contributed by atoms with E-state index in [2.05, 4.69) is 5.32 Å². The fourth-order valence-electron chi connectivity index (χ4n) is 0.647. The Balaban J connectivity index is 4.01. The molecule has 0 radical (unpaired) electrons. The highest BCUT2D eigenvalue weighted by Gasteiger charge is 2.20. The van der Waals surface area contributed by atoms with Crippen LogP contribution in [0.1, 0.15) is 27.7 Å². The summed E-state index contributed by atoms with van der Waals surface area (Å²) in [6, 6.07) is -0.838. The molecule has 6 nitrogen and oxygen atoms in total. The smallest absolute Gasteiger partial charge is 0.408 e. The summed E-state index contributed by atoms with van der Waals surface area (Å²) in [7, 11) is 0. The molecular weight excluding hydrogens is 188 g/mol. The maximum absolute atomic E-state index is 11.1. The molecule has 0 spiro atoms. The molecule has 14 heavy (non-hydrogen) atoms. The summed E-state index contributed by atoms with van der Waals surface area (Å²) in [6.45, 7) is 6.56. The van der Waals surface area contributed by atoms with Crippen molar-refractivity contribution >= 4 is 12.0 Å². The number of hydrogen-bond acceptors (Lipinski definition) is 4. The lowest BCUT2D eigenvalue weighted by molar-refractivity contribution is -0.130. The van der Waals surface area contributed by atoms with Gasteiger partial charge in [-0.15, -0.1) is 0 Å². The molecule has 0 rings (SSSR count). The van der Waals surface area contributed by atoms with E-state index in [4.69, 9.17) is 9.94 Å². The SMILES string of the molecule is C[C@@H](NC(=O)OC(C)(C)C)C(=O)NO.